The van der Waals surface area contributed by atoms with Gasteiger partial charge in [-0.25, -0.2) is 0 Å². The number of hydrogen-bond donors (Lipinski definition) is 2. The molecule has 0 radical (unpaired) electrons. The van der Waals surface area contributed by atoms with E-state index in [2.05, 4.69) is 17.2 Å². The standard InChI is InChI=1S/C22H20N2O4S/c1-2-13-6-5-7-14-15(11-23-21(13)14)17(25)12-28-20(26)10-19-22(27)24-16-8-3-4-9-18(16)29-19/h3-9,11,19,23H,2,10,12H2,1H3,(H,24,27)/t19-/m0/s1. The number of nitrogens with one attached hydrogen (secondary N) is 2. The highest BCUT2D eigenvalue weighted by molar-refractivity contribution is 8.01. The van der Waals surface area contributed by atoms with Crippen LogP contribution in [0.1, 0.15) is 29.3 Å². The normalized spacial score (nSPS) is 15.6. The number of carbonyl (C=O) groups is 3. The Morgan fingerprint density at radius 3 is 2.79 bits per heavy atom. The molecule has 2 aromatic carbocycles. The number of H-pyrrole nitrogens is 1. The van der Waals surface area contributed by atoms with Crippen molar-refractivity contribution in [1.29, 1.82) is 0 Å². The first-order chi connectivity index (χ1) is 14.1. The smallest absolute Gasteiger partial charge is 0.307 e. The number of aromatic nitrogens is 1. The molecule has 1 aromatic heterocycles. The third kappa shape index (κ3) is 3.91. The highest BCUT2D eigenvalue weighted by Crippen LogP contribution is 2.36. The summed E-state index contributed by atoms with van der Waals surface area (Å²) < 4.78 is 5.18. The summed E-state index contributed by atoms with van der Waals surface area (Å²) in [5.74, 6) is -1.08. The maximum atomic E-state index is 12.6. The van der Waals surface area contributed by atoms with Gasteiger partial charge in [-0.2, -0.15) is 0 Å². The van der Waals surface area contributed by atoms with E-state index in [9.17, 15) is 14.4 Å². The van der Waals surface area contributed by atoms with Crippen LogP contribution in [-0.2, 0) is 20.7 Å². The molecule has 6 nitrogen and oxygen atoms in total. The first-order valence-corrected chi connectivity index (χ1v) is 10.3. The molecule has 29 heavy (non-hydrogen) atoms. The number of ketones is 1. The molecule has 1 aliphatic heterocycles. The molecule has 2 N–H and O–H groups in total. The number of hydrogen-bond acceptors (Lipinski definition) is 5. The van der Waals surface area contributed by atoms with E-state index in [0.717, 1.165) is 33.5 Å². The number of esters is 1. The molecule has 1 aliphatic rings. The second-order valence-electron chi connectivity index (χ2n) is 6.78. The number of aryl methyl sites for hydroxylation is 1. The molecular weight excluding hydrogens is 388 g/mol. The van der Waals surface area contributed by atoms with Crippen molar-refractivity contribution in [2.24, 2.45) is 0 Å². The van der Waals surface area contributed by atoms with Gasteiger partial charge in [0.1, 0.15) is 0 Å². The third-order valence-corrected chi connectivity index (χ3v) is 6.18. The van der Waals surface area contributed by atoms with E-state index < -0.39 is 11.2 Å². The Labute approximate surface area is 172 Å². The first-order valence-electron chi connectivity index (χ1n) is 9.41. The predicted octanol–water partition coefficient (Wildman–Crippen LogP) is 3.96. The van der Waals surface area contributed by atoms with Crippen LogP contribution in [0.3, 0.4) is 0 Å². The zero-order chi connectivity index (χ0) is 20.4. The van der Waals surface area contributed by atoms with Gasteiger partial charge in [-0.3, -0.25) is 14.4 Å². The number of ether oxygens (including phenoxy) is 1. The minimum Gasteiger partial charge on any atom is -0.457 e. The fraction of sp³-hybridized carbons (Fsp3) is 0.227. The van der Waals surface area contributed by atoms with Crippen LogP contribution >= 0.6 is 11.8 Å². The van der Waals surface area contributed by atoms with Crippen LogP contribution in [0.15, 0.2) is 53.6 Å². The fourth-order valence-corrected chi connectivity index (χ4v) is 4.50. The summed E-state index contributed by atoms with van der Waals surface area (Å²) in [6.45, 7) is 1.70. The number of benzene rings is 2. The minimum absolute atomic E-state index is 0.0913. The van der Waals surface area contributed by atoms with E-state index in [4.69, 9.17) is 4.74 Å². The zero-order valence-corrected chi connectivity index (χ0v) is 16.7. The molecule has 0 saturated carbocycles. The maximum absolute atomic E-state index is 12.6. The SMILES string of the molecule is CCc1cccc2c(C(=O)COC(=O)C[C@@H]3Sc4ccccc4NC3=O)c[nH]c12. The topological polar surface area (TPSA) is 88.3 Å². The number of thioether (sulfide) groups is 1. The molecule has 4 rings (SSSR count). The van der Waals surface area contributed by atoms with Gasteiger partial charge in [-0.15, -0.1) is 11.8 Å². The van der Waals surface area contributed by atoms with Gasteiger partial charge >= 0.3 is 5.97 Å². The minimum atomic E-state index is -0.576. The summed E-state index contributed by atoms with van der Waals surface area (Å²) in [5.41, 5.74) is 3.30. The van der Waals surface area contributed by atoms with E-state index >= 15 is 0 Å². The maximum Gasteiger partial charge on any atom is 0.307 e. The molecule has 2 heterocycles. The molecule has 0 aliphatic carbocycles. The molecule has 148 valence electrons. The molecule has 3 aromatic rings. The van der Waals surface area contributed by atoms with Gasteiger partial charge in [0.2, 0.25) is 11.7 Å². The van der Waals surface area contributed by atoms with Crippen molar-refractivity contribution in [3.63, 3.8) is 0 Å². The van der Waals surface area contributed by atoms with E-state index in [1.165, 1.54) is 11.8 Å². The van der Waals surface area contributed by atoms with Crippen molar-refractivity contribution < 1.29 is 19.1 Å². The van der Waals surface area contributed by atoms with Gasteiger partial charge in [0.05, 0.1) is 17.4 Å². The Morgan fingerprint density at radius 1 is 1.14 bits per heavy atom. The summed E-state index contributed by atoms with van der Waals surface area (Å²) in [6, 6.07) is 13.2. The second-order valence-corrected chi connectivity index (χ2v) is 8.02. The first kappa shape index (κ1) is 19.3. The second kappa shape index (κ2) is 8.13. The summed E-state index contributed by atoms with van der Waals surface area (Å²) >= 11 is 1.33. The van der Waals surface area contributed by atoms with Crippen molar-refractivity contribution in [3.05, 3.63) is 59.8 Å². The Bertz CT molecular complexity index is 1110. The van der Waals surface area contributed by atoms with Gasteiger partial charge in [-0.1, -0.05) is 37.3 Å². The number of para-hydroxylation sites is 2. The van der Waals surface area contributed by atoms with Gasteiger partial charge in [0.15, 0.2) is 6.61 Å². The number of fused-ring (bicyclic) bond motifs is 2. The highest BCUT2D eigenvalue weighted by atomic mass is 32.2. The third-order valence-electron chi connectivity index (χ3n) is 4.91. The lowest BCUT2D eigenvalue weighted by Gasteiger charge is -2.23. The van der Waals surface area contributed by atoms with Crippen molar-refractivity contribution in [2.75, 3.05) is 11.9 Å². The van der Waals surface area contributed by atoms with Crippen molar-refractivity contribution in [2.45, 2.75) is 29.9 Å². The van der Waals surface area contributed by atoms with Crippen molar-refractivity contribution >= 4 is 46.0 Å². The molecule has 0 bridgehead atoms. The Hall–Kier alpha value is -3.06. The van der Waals surface area contributed by atoms with Crippen LogP contribution in [0.2, 0.25) is 0 Å². The monoisotopic (exact) mass is 408 g/mol. The molecule has 1 amide bonds. The van der Waals surface area contributed by atoms with Gasteiger partial charge in [0.25, 0.3) is 0 Å². The summed E-state index contributed by atoms with van der Waals surface area (Å²) in [7, 11) is 0. The van der Waals surface area contributed by atoms with E-state index in [-0.39, 0.29) is 24.7 Å². The molecule has 0 fully saturated rings. The van der Waals surface area contributed by atoms with Gasteiger partial charge in [-0.05, 0) is 24.1 Å². The average molecular weight is 408 g/mol. The summed E-state index contributed by atoms with van der Waals surface area (Å²) in [4.78, 5) is 41.1. The largest absolute Gasteiger partial charge is 0.457 e. The molecule has 1 atom stereocenters. The van der Waals surface area contributed by atoms with Crippen LogP contribution in [0, 0.1) is 0 Å². The Morgan fingerprint density at radius 2 is 1.97 bits per heavy atom. The van der Waals surface area contributed by atoms with Gasteiger partial charge in [0, 0.05) is 27.6 Å². The van der Waals surface area contributed by atoms with E-state index in [1.807, 2.05) is 42.5 Å². The summed E-state index contributed by atoms with van der Waals surface area (Å²) in [6.07, 6.45) is 2.41. The fourth-order valence-electron chi connectivity index (χ4n) is 3.40. The number of carbonyl (C=O) groups excluding carboxylic acids is 3. The summed E-state index contributed by atoms with van der Waals surface area (Å²) in [5, 5.41) is 3.04. The predicted molar refractivity (Wildman–Crippen MR) is 112 cm³/mol. The number of aromatic amines is 1. The zero-order valence-electron chi connectivity index (χ0n) is 15.9. The lowest BCUT2D eigenvalue weighted by Crippen LogP contribution is -2.31. The van der Waals surface area contributed by atoms with E-state index in [1.54, 1.807) is 6.20 Å². The Balaban J connectivity index is 1.38. The van der Waals surface area contributed by atoms with Crippen LogP contribution in [0.25, 0.3) is 10.9 Å². The van der Waals surface area contributed by atoms with Gasteiger partial charge < -0.3 is 15.0 Å². The van der Waals surface area contributed by atoms with Crippen LogP contribution in [-0.4, -0.2) is 34.5 Å². The van der Waals surface area contributed by atoms with Crippen molar-refractivity contribution in [3.8, 4) is 0 Å². The number of Topliss-reactive ketones (excluding diaryl/α,β-unsaturated/α-hetero) is 1. The lowest BCUT2D eigenvalue weighted by atomic mass is 10.1. The molecule has 0 unspecified atom stereocenters. The Kier molecular flexibility index (Phi) is 5.40. The average Bonchev–Trinajstić information content (AvgIpc) is 3.17. The van der Waals surface area contributed by atoms with Crippen LogP contribution < -0.4 is 5.32 Å². The number of rotatable bonds is 6. The lowest BCUT2D eigenvalue weighted by molar-refractivity contribution is -0.143. The number of amides is 1. The van der Waals surface area contributed by atoms with Crippen LogP contribution in [0.4, 0.5) is 5.69 Å². The molecule has 0 saturated heterocycles. The van der Waals surface area contributed by atoms with E-state index in [0.29, 0.717) is 5.56 Å². The highest BCUT2D eigenvalue weighted by Gasteiger charge is 2.29. The molecular formula is C22H20N2O4S. The molecule has 7 heteroatoms. The quantitative estimate of drug-likeness (QED) is 0.476. The van der Waals surface area contributed by atoms with Crippen molar-refractivity contribution in [1.82, 2.24) is 4.98 Å². The van der Waals surface area contributed by atoms with Crippen LogP contribution in [0.5, 0.6) is 0 Å². The molecule has 0 spiro atoms. The number of anilines is 1.